The van der Waals surface area contributed by atoms with Gasteiger partial charge in [0.05, 0.1) is 10.7 Å². The smallest absolute Gasteiger partial charge is 0.159 e. The van der Waals surface area contributed by atoms with Gasteiger partial charge >= 0.3 is 0 Å². The minimum atomic E-state index is -0.830. The highest BCUT2D eigenvalue weighted by atomic mass is 32.1. The molecule has 0 saturated heterocycles. The molecule has 2 aromatic carbocycles. The summed E-state index contributed by atoms with van der Waals surface area (Å²) in [5, 5.41) is 6.35. The second kappa shape index (κ2) is 6.46. The SMILES string of the molecule is Cc1nc(-c2ccc(NC(C)c3ccc(F)c(F)c3)cc2)cs1. The molecule has 23 heavy (non-hydrogen) atoms. The Kier molecular flexibility index (Phi) is 4.39. The van der Waals surface area contributed by atoms with Crippen molar-refractivity contribution in [1.82, 2.24) is 4.98 Å². The molecule has 0 fully saturated rings. The molecular formula is C18H16F2N2S. The van der Waals surface area contributed by atoms with Gasteiger partial charge in [-0.15, -0.1) is 11.3 Å². The van der Waals surface area contributed by atoms with Gasteiger partial charge < -0.3 is 5.32 Å². The third kappa shape index (κ3) is 3.56. The van der Waals surface area contributed by atoms with Gasteiger partial charge in [-0.3, -0.25) is 0 Å². The maximum Gasteiger partial charge on any atom is 0.159 e. The van der Waals surface area contributed by atoms with Crippen molar-refractivity contribution in [2.75, 3.05) is 5.32 Å². The Morgan fingerprint density at radius 3 is 2.39 bits per heavy atom. The predicted molar refractivity (Wildman–Crippen MR) is 90.7 cm³/mol. The zero-order valence-electron chi connectivity index (χ0n) is 12.8. The van der Waals surface area contributed by atoms with Gasteiger partial charge in [0.2, 0.25) is 0 Å². The van der Waals surface area contributed by atoms with E-state index >= 15 is 0 Å². The standard InChI is InChI=1S/C18H16F2N2S/c1-11(14-5-8-16(19)17(20)9-14)21-15-6-3-13(4-7-15)18-10-23-12(2)22-18/h3-11,21H,1-2H3. The summed E-state index contributed by atoms with van der Waals surface area (Å²) in [5.74, 6) is -1.66. The lowest BCUT2D eigenvalue weighted by molar-refractivity contribution is 0.506. The summed E-state index contributed by atoms with van der Waals surface area (Å²) in [7, 11) is 0. The van der Waals surface area contributed by atoms with Crippen LogP contribution in [-0.4, -0.2) is 4.98 Å². The lowest BCUT2D eigenvalue weighted by Gasteiger charge is -2.16. The molecule has 0 saturated carbocycles. The fourth-order valence-electron chi connectivity index (χ4n) is 2.35. The van der Waals surface area contributed by atoms with Crippen LogP contribution < -0.4 is 5.32 Å². The Balaban J connectivity index is 1.73. The van der Waals surface area contributed by atoms with E-state index in [0.717, 1.165) is 28.0 Å². The van der Waals surface area contributed by atoms with Crippen LogP contribution in [-0.2, 0) is 0 Å². The van der Waals surface area contributed by atoms with Crippen molar-refractivity contribution in [3.8, 4) is 11.3 Å². The number of aromatic nitrogens is 1. The first-order valence-electron chi connectivity index (χ1n) is 7.27. The van der Waals surface area contributed by atoms with E-state index in [0.29, 0.717) is 5.56 Å². The fraction of sp³-hybridized carbons (Fsp3) is 0.167. The molecule has 1 heterocycles. The maximum absolute atomic E-state index is 13.3. The van der Waals surface area contributed by atoms with Crippen molar-refractivity contribution in [3.05, 3.63) is 70.1 Å². The Labute approximate surface area is 137 Å². The predicted octanol–water partition coefficient (Wildman–Crippen LogP) is 5.57. The van der Waals surface area contributed by atoms with Crippen LogP contribution in [0.4, 0.5) is 14.5 Å². The summed E-state index contributed by atoms with van der Waals surface area (Å²) in [6, 6.07) is 11.7. The topological polar surface area (TPSA) is 24.9 Å². The summed E-state index contributed by atoms with van der Waals surface area (Å²) in [6.45, 7) is 3.89. The molecule has 2 nitrogen and oxygen atoms in total. The quantitative estimate of drug-likeness (QED) is 0.676. The normalized spacial score (nSPS) is 12.2. The molecule has 0 radical (unpaired) electrons. The molecule has 1 N–H and O–H groups in total. The van der Waals surface area contributed by atoms with E-state index in [1.165, 1.54) is 6.07 Å². The molecule has 5 heteroatoms. The van der Waals surface area contributed by atoms with Crippen molar-refractivity contribution < 1.29 is 8.78 Å². The summed E-state index contributed by atoms with van der Waals surface area (Å²) < 4.78 is 26.3. The number of anilines is 1. The van der Waals surface area contributed by atoms with Crippen LogP contribution >= 0.6 is 11.3 Å². The van der Waals surface area contributed by atoms with E-state index in [9.17, 15) is 8.78 Å². The van der Waals surface area contributed by atoms with Crippen LogP contribution in [0, 0.1) is 18.6 Å². The van der Waals surface area contributed by atoms with E-state index in [-0.39, 0.29) is 6.04 Å². The Bertz CT molecular complexity index is 812. The highest BCUT2D eigenvalue weighted by Crippen LogP contribution is 2.25. The van der Waals surface area contributed by atoms with Gasteiger partial charge in [0.1, 0.15) is 0 Å². The summed E-state index contributed by atoms with van der Waals surface area (Å²) in [6.07, 6.45) is 0. The molecular weight excluding hydrogens is 314 g/mol. The van der Waals surface area contributed by atoms with Crippen LogP contribution in [0.15, 0.2) is 47.8 Å². The van der Waals surface area contributed by atoms with Crippen LogP contribution in [0.25, 0.3) is 11.3 Å². The second-order valence-electron chi connectivity index (χ2n) is 5.37. The highest BCUT2D eigenvalue weighted by molar-refractivity contribution is 7.09. The maximum atomic E-state index is 13.3. The van der Waals surface area contributed by atoms with Crippen LogP contribution in [0.5, 0.6) is 0 Å². The zero-order chi connectivity index (χ0) is 16.4. The van der Waals surface area contributed by atoms with E-state index < -0.39 is 11.6 Å². The lowest BCUT2D eigenvalue weighted by Crippen LogP contribution is -2.07. The van der Waals surface area contributed by atoms with E-state index in [2.05, 4.69) is 10.3 Å². The number of nitrogens with one attached hydrogen (secondary N) is 1. The molecule has 0 amide bonds. The molecule has 118 valence electrons. The monoisotopic (exact) mass is 330 g/mol. The number of halogens is 2. The second-order valence-corrected chi connectivity index (χ2v) is 6.43. The third-order valence-corrected chi connectivity index (χ3v) is 4.40. The molecule has 1 aromatic heterocycles. The van der Waals surface area contributed by atoms with Crippen molar-refractivity contribution in [2.45, 2.75) is 19.9 Å². The number of thiazole rings is 1. The van der Waals surface area contributed by atoms with Gasteiger partial charge in [0.25, 0.3) is 0 Å². The Morgan fingerprint density at radius 2 is 1.78 bits per heavy atom. The van der Waals surface area contributed by atoms with Crippen molar-refractivity contribution >= 4 is 17.0 Å². The molecule has 0 aliphatic carbocycles. The number of nitrogens with zero attached hydrogens (tertiary/aromatic N) is 1. The fourth-order valence-corrected chi connectivity index (χ4v) is 2.97. The first-order valence-corrected chi connectivity index (χ1v) is 8.15. The molecule has 3 rings (SSSR count). The summed E-state index contributed by atoms with van der Waals surface area (Å²) >= 11 is 1.62. The molecule has 0 aliphatic heterocycles. The van der Waals surface area contributed by atoms with Crippen LogP contribution in [0.1, 0.15) is 23.5 Å². The van der Waals surface area contributed by atoms with Crippen molar-refractivity contribution in [3.63, 3.8) is 0 Å². The van der Waals surface area contributed by atoms with E-state index in [4.69, 9.17) is 0 Å². The first-order chi connectivity index (χ1) is 11.0. The van der Waals surface area contributed by atoms with Crippen LogP contribution in [0.2, 0.25) is 0 Å². The lowest BCUT2D eigenvalue weighted by atomic mass is 10.1. The average molecular weight is 330 g/mol. The number of hydrogen-bond donors (Lipinski definition) is 1. The van der Waals surface area contributed by atoms with Gasteiger partial charge in [-0.05, 0) is 43.7 Å². The van der Waals surface area contributed by atoms with Gasteiger partial charge in [-0.2, -0.15) is 0 Å². The number of benzene rings is 2. The number of aryl methyl sites for hydroxylation is 1. The number of rotatable bonds is 4. The third-order valence-electron chi connectivity index (χ3n) is 3.63. The average Bonchev–Trinajstić information content (AvgIpc) is 2.97. The van der Waals surface area contributed by atoms with Crippen molar-refractivity contribution in [2.24, 2.45) is 0 Å². The zero-order valence-corrected chi connectivity index (χ0v) is 13.6. The Hall–Kier alpha value is -2.27. The summed E-state index contributed by atoms with van der Waals surface area (Å²) in [4.78, 5) is 4.46. The minimum Gasteiger partial charge on any atom is -0.379 e. The molecule has 0 spiro atoms. The van der Waals surface area contributed by atoms with Gasteiger partial charge in [-0.1, -0.05) is 18.2 Å². The van der Waals surface area contributed by atoms with Crippen molar-refractivity contribution in [1.29, 1.82) is 0 Å². The molecule has 0 bridgehead atoms. The van der Waals surface area contributed by atoms with E-state index in [1.807, 2.05) is 43.5 Å². The minimum absolute atomic E-state index is 0.127. The number of hydrogen-bond acceptors (Lipinski definition) is 3. The van der Waals surface area contributed by atoms with E-state index in [1.54, 1.807) is 17.4 Å². The highest BCUT2D eigenvalue weighted by Gasteiger charge is 2.09. The van der Waals surface area contributed by atoms with Gasteiger partial charge in [-0.25, -0.2) is 13.8 Å². The Morgan fingerprint density at radius 1 is 1.04 bits per heavy atom. The molecule has 3 aromatic rings. The molecule has 1 unspecified atom stereocenters. The first kappa shape index (κ1) is 15.6. The van der Waals surface area contributed by atoms with Gasteiger partial charge in [0.15, 0.2) is 11.6 Å². The van der Waals surface area contributed by atoms with Gasteiger partial charge in [0, 0.05) is 22.7 Å². The molecule has 1 atom stereocenters. The largest absolute Gasteiger partial charge is 0.379 e. The molecule has 0 aliphatic rings. The summed E-state index contributed by atoms with van der Waals surface area (Å²) in [5.41, 5.74) is 3.63. The van der Waals surface area contributed by atoms with Crippen LogP contribution in [0.3, 0.4) is 0 Å².